The molecule has 0 fully saturated rings. The lowest BCUT2D eigenvalue weighted by Gasteiger charge is -2.25. The van der Waals surface area contributed by atoms with Crippen molar-refractivity contribution in [3.8, 4) is 5.75 Å². The monoisotopic (exact) mass is 480 g/mol. The summed E-state index contributed by atoms with van der Waals surface area (Å²) in [4.78, 5) is 12.5. The number of carbonyl (C=O) groups is 1. The third-order valence-electron chi connectivity index (χ3n) is 5.92. The van der Waals surface area contributed by atoms with Gasteiger partial charge in [0.15, 0.2) is 0 Å². The first kappa shape index (κ1) is 25.3. The molecule has 34 heavy (non-hydrogen) atoms. The van der Waals surface area contributed by atoms with Gasteiger partial charge in [0.1, 0.15) is 12.4 Å². The molecule has 1 amide bonds. The van der Waals surface area contributed by atoms with Gasteiger partial charge in [0.25, 0.3) is 5.91 Å². The molecule has 3 rings (SSSR count). The number of carbonyl (C=O) groups excluding carboxylic acids is 1. The number of ether oxygens (including phenoxy) is 1. The Kier molecular flexibility index (Phi) is 7.99. The zero-order valence-electron chi connectivity index (χ0n) is 20.4. The Morgan fingerprint density at radius 3 is 2.26 bits per heavy atom. The first-order chi connectivity index (χ1) is 16.1. The lowest BCUT2D eigenvalue weighted by Crippen LogP contribution is -2.30. The summed E-state index contributed by atoms with van der Waals surface area (Å²) >= 11 is 0. The summed E-state index contributed by atoms with van der Waals surface area (Å²) in [6, 6.07) is 18.5. The number of nitrogens with one attached hydrogen (secondary N) is 1. The van der Waals surface area contributed by atoms with Gasteiger partial charge in [-0.25, -0.2) is 8.42 Å². The van der Waals surface area contributed by atoms with E-state index in [9.17, 15) is 13.2 Å². The minimum absolute atomic E-state index is 0.189. The normalized spacial score (nSPS) is 11.2. The number of rotatable bonds is 9. The highest BCUT2D eigenvalue weighted by molar-refractivity contribution is 7.92. The molecule has 0 spiro atoms. The van der Waals surface area contributed by atoms with E-state index in [-0.39, 0.29) is 12.5 Å². The molecule has 0 heterocycles. The molecule has 3 aromatic carbocycles. The van der Waals surface area contributed by atoms with E-state index in [0.29, 0.717) is 24.4 Å². The third-order valence-corrected chi connectivity index (χ3v) is 7.05. The van der Waals surface area contributed by atoms with Crippen molar-refractivity contribution < 1.29 is 17.9 Å². The number of hydrogen-bond acceptors (Lipinski definition) is 4. The van der Waals surface area contributed by atoms with Crippen molar-refractivity contribution in [1.82, 2.24) is 5.32 Å². The van der Waals surface area contributed by atoms with Gasteiger partial charge in [0.2, 0.25) is 10.0 Å². The highest BCUT2D eigenvalue weighted by Gasteiger charge is 2.20. The fourth-order valence-electron chi connectivity index (χ4n) is 3.55. The topological polar surface area (TPSA) is 75.7 Å². The van der Waals surface area contributed by atoms with E-state index >= 15 is 0 Å². The molecule has 0 aliphatic heterocycles. The third kappa shape index (κ3) is 6.38. The van der Waals surface area contributed by atoms with E-state index in [1.54, 1.807) is 24.3 Å². The molecule has 0 atom stereocenters. The van der Waals surface area contributed by atoms with Crippen molar-refractivity contribution >= 4 is 21.6 Å². The summed E-state index contributed by atoms with van der Waals surface area (Å²) in [5.41, 5.74) is 6.28. The van der Waals surface area contributed by atoms with Gasteiger partial charge < -0.3 is 10.1 Å². The second-order valence-corrected chi connectivity index (χ2v) is 10.4. The fourth-order valence-corrected chi connectivity index (χ4v) is 4.49. The quantitative estimate of drug-likeness (QED) is 0.451. The Hall–Kier alpha value is -3.32. The zero-order chi connectivity index (χ0) is 24.9. The van der Waals surface area contributed by atoms with Crippen molar-refractivity contribution in [2.75, 3.05) is 23.7 Å². The van der Waals surface area contributed by atoms with Gasteiger partial charge in [-0.15, -0.1) is 0 Å². The van der Waals surface area contributed by atoms with Crippen molar-refractivity contribution in [3.63, 3.8) is 0 Å². The van der Waals surface area contributed by atoms with Crippen molar-refractivity contribution in [3.05, 3.63) is 94.0 Å². The maximum atomic E-state index is 12.5. The van der Waals surface area contributed by atoms with Gasteiger partial charge in [-0.3, -0.25) is 9.10 Å². The molecule has 0 aliphatic rings. The van der Waals surface area contributed by atoms with E-state index in [1.165, 1.54) is 16.1 Å². The number of hydrogen-bond donors (Lipinski definition) is 1. The van der Waals surface area contributed by atoms with Crippen LogP contribution in [0.2, 0.25) is 0 Å². The lowest BCUT2D eigenvalue weighted by molar-refractivity contribution is 0.0947. The molecule has 7 heteroatoms. The van der Waals surface area contributed by atoms with Gasteiger partial charge in [-0.05, 0) is 85.8 Å². The van der Waals surface area contributed by atoms with Gasteiger partial charge in [-0.1, -0.05) is 30.3 Å². The Balaban J connectivity index is 1.60. The van der Waals surface area contributed by atoms with Crippen LogP contribution in [0.4, 0.5) is 5.69 Å². The van der Waals surface area contributed by atoms with E-state index in [2.05, 4.69) is 5.32 Å². The van der Waals surface area contributed by atoms with Crippen LogP contribution in [-0.4, -0.2) is 33.7 Å². The SMILES string of the molecule is Cc1ccc(OCCNC(=O)c2ccc(CN(c3cccc(C)c3C)S(C)(=O)=O)cc2)cc1C. The standard InChI is InChI=1S/C27H32N2O4S/c1-19-9-14-25(17-21(19)3)33-16-15-28-27(30)24-12-10-23(11-13-24)18-29(34(5,31)32)26-8-6-7-20(2)22(26)4/h6-14,17H,15-16,18H2,1-5H3,(H,28,30). The molecule has 0 radical (unpaired) electrons. The summed E-state index contributed by atoms with van der Waals surface area (Å²) in [5, 5.41) is 2.85. The maximum Gasteiger partial charge on any atom is 0.251 e. The summed E-state index contributed by atoms with van der Waals surface area (Å²) < 4.78 is 32.1. The molecule has 6 nitrogen and oxygen atoms in total. The zero-order valence-corrected chi connectivity index (χ0v) is 21.2. The van der Waals surface area contributed by atoms with Gasteiger partial charge in [-0.2, -0.15) is 0 Å². The largest absolute Gasteiger partial charge is 0.492 e. The Morgan fingerprint density at radius 2 is 1.62 bits per heavy atom. The van der Waals surface area contributed by atoms with Crippen molar-refractivity contribution in [2.24, 2.45) is 0 Å². The van der Waals surface area contributed by atoms with Gasteiger partial charge in [0.05, 0.1) is 25.0 Å². The smallest absolute Gasteiger partial charge is 0.251 e. The second kappa shape index (κ2) is 10.7. The van der Waals surface area contributed by atoms with Crippen LogP contribution in [0, 0.1) is 27.7 Å². The molecule has 0 saturated heterocycles. The number of aryl methyl sites for hydroxylation is 3. The Bertz CT molecular complexity index is 1270. The predicted octanol–water partition coefficient (Wildman–Crippen LogP) is 4.70. The maximum absolute atomic E-state index is 12.5. The number of sulfonamides is 1. The summed E-state index contributed by atoms with van der Waals surface area (Å²) in [6.07, 6.45) is 1.20. The van der Waals surface area contributed by atoms with Crippen LogP contribution in [0.25, 0.3) is 0 Å². The molecule has 0 bridgehead atoms. The van der Waals surface area contributed by atoms with Gasteiger partial charge >= 0.3 is 0 Å². The van der Waals surface area contributed by atoms with Crippen LogP contribution in [0.5, 0.6) is 5.75 Å². The summed E-state index contributed by atoms with van der Waals surface area (Å²) in [5.74, 6) is 0.575. The van der Waals surface area contributed by atoms with E-state index < -0.39 is 10.0 Å². The predicted molar refractivity (Wildman–Crippen MR) is 137 cm³/mol. The first-order valence-corrected chi connectivity index (χ1v) is 13.0. The molecule has 3 aromatic rings. The molecule has 0 saturated carbocycles. The summed E-state index contributed by atoms with van der Waals surface area (Å²) in [6.45, 7) is 8.89. The molecule has 180 valence electrons. The highest BCUT2D eigenvalue weighted by Crippen LogP contribution is 2.26. The minimum atomic E-state index is -3.48. The molecule has 0 aliphatic carbocycles. The molecule has 1 N–H and O–H groups in total. The molecule has 0 unspecified atom stereocenters. The van der Waals surface area contributed by atoms with E-state index in [4.69, 9.17) is 4.74 Å². The van der Waals surface area contributed by atoms with Crippen molar-refractivity contribution in [2.45, 2.75) is 34.2 Å². The molecule has 0 aromatic heterocycles. The first-order valence-electron chi connectivity index (χ1n) is 11.2. The minimum Gasteiger partial charge on any atom is -0.492 e. The number of amides is 1. The average Bonchev–Trinajstić information content (AvgIpc) is 2.79. The van der Waals surface area contributed by atoms with E-state index in [0.717, 1.165) is 28.0 Å². The number of nitrogens with zero attached hydrogens (tertiary/aromatic N) is 1. The van der Waals surface area contributed by atoms with Crippen LogP contribution in [-0.2, 0) is 16.6 Å². The van der Waals surface area contributed by atoms with Crippen LogP contribution in [0.3, 0.4) is 0 Å². The van der Waals surface area contributed by atoms with Crippen molar-refractivity contribution in [1.29, 1.82) is 0 Å². The average molecular weight is 481 g/mol. The van der Waals surface area contributed by atoms with Gasteiger partial charge in [0, 0.05) is 5.56 Å². The Labute approximate surface area is 202 Å². The van der Waals surface area contributed by atoms with Crippen LogP contribution < -0.4 is 14.4 Å². The van der Waals surface area contributed by atoms with E-state index in [1.807, 2.05) is 64.1 Å². The fraction of sp³-hybridized carbons (Fsp3) is 0.296. The highest BCUT2D eigenvalue weighted by atomic mass is 32.2. The molecular formula is C27H32N2O4S. The second-order valence-electron chi connectivity index (χ2n) is 8.54. The van der Waals surface area contributed by atoms with Crippen LogP contribution >= 0.6 is 0 Å². The van der Waals surface area contributed by atoms with Crippen LogP contribution in [0.1, 0.15) is 38.2 Å². The lowest BCUT2D eigenvalue weighted by atomic mass is 10.1. The van der Waals surface area contributed by atoms with Crippen LogP contribution in [0.15, 0.2) is 60.7 Å². The summed E-state index contributed by atoms with van der Waals surface area (Å²) in [7, 11) is -3.48. The Morgan fingerprint density at radius 1 is 0.912 bits per heavy atom. The molecular weight excluding hydrogens is 448 g/mol. The number of anilines is 1. The number of benzene rings is 3.